The minimum atomic E-state index is -0.551. The number of nitrogens with one attached hydrogen (secondary N) is 1. The first kappa shape index (κ1) is 19.7. The lowest BCUT2D eigenvalue weighted by molar-refractivity contribution is -0.119. The minimum Gasteiger partial charge on any atom is -0.487 e. The Kier molecular flexibility index (Phi) is 7.36. The monoisotopic (exact) mass is 354 g/mol. The number of nitrogens with zero attached hydrogens (tertiary/aromatic N) is 1. The smallest absolute Gasteiger partial charge is 0.244 e. The Bertz CT molecular complexity index is 700. The number of amides is 1. The highest BCUT2D eigenvalue weighted by molar-refractivity contribution is 5.92. The molecule has 5 nitrogen and oxygen atoms in total. The molecule has 0 aliphatic heterocycles. The molecule has 0 unspecified atom stereocenters. The van der Waals surface area contributed by atoms with Crippen molar-refractivity contribution in [3.05, 3.63) is 66.0 Å². The largest absolute Gasteiger partial charge is 0.487 e. The second kappa shape index (κ2) is 9.73. The number of carbonyl (C=O) groups is 1. The quantitative estimate of drug-likeness (QED) is 0.678. The third-order valence-electron chi connectivity index (χ3n) is 4.46. The summed E-state index contributed by atoms with van der Waals surface area (Å²) in [6.45, 7) is 4.25. The van der Waals surface area contributed by atoms with Gasteiger partial charge in [0.1, 0.15) is 12.4 Å². The fraction of sp³-hybridized carbons (Fsp3) is 0.333. The molecule has 0 atom stereocenters. The first-order valence-electron chi connectivity index (χ1n) is 8.84. The first-order valence-corrected chi connectivity index (χ1v) is 8.84. The van der Waals surface area contributed by atoms with Crippen LogP contribution in [0.15, 0.2) is 54.7 Å². The van der Waals surface area contributed by atoms with E-state index in [9.17, 15) is 9.90 Å². The van der Waals surface area contributed by atoms with Gasteiger partial charge >= 0.3 is 0 Å². The number of pyridine rings is 1. The molecular weight excluding hydrogens is 328 g/mol. The molecule has 5 heteroatoms. The molecule has 138 valence electrons. The van der Waals surface area contributed by atoms with Crippen LogP contribution in [0.4, 0.5) is 0 Å². The van der Waals surface area contributed by atoms with E-state index in [0.29, 0.717) is 19.4 Å². The number of benzene rings is 1. The Morgan fingerprint density at radius 3 is 2.50 bits per heavy atom. The highest BCUT2D eigenvalue weighted by Crippen LogP contribution is 2.16. The summed E-state index contributed by atoms with van der Waals surface area (Å²) < 4.78 is 5.69. The fourth-order valence-electron chi connectivity index (χ4n) is 2.48. The standard InChI is InChI=1S/C21H26N2O3/c1-3-21(4-2,16-24)23-20(25)13-10-17-8-11-19(12-9-17)26-15-18-7-5-6-14-22-18/h5-14,24H,3-4,15-16H2,1-2H3,(H,23,25)/b13-10+. The van der Waals surface area contributed by atoms with Crippen molar-refractivity contribution in [3.63, 3.8) is 0 Å². The zero-order valence-electron chi connectivity index (χ0n) is 15.3. The van der Waals surface area contributed by atoms with E-state index in [1.165, 1.54) is 6.08 Å². The summed E-state index contributed by atoms with van der Waals surface area (Å²) in [5.41, 5.74) is 1.21. The van der Waals surface area contributed by atoms with Gasteiger partial charge in [-0.05, 0) is 48.7 Å². The summed E-state index contributed by atoms with van der Waals surface area (Å²) in [5.74, 6) is 0.534. The maximum Gasteiger partial charge on any atom is 0.244 e. The lowest BCUT2D eigenvalue weighted by atomic mass is 9.94. The van der Waals surface area contributed by atoms with E-state index in [0.717, 1.165) is 17.0 Å². The molecule has 2 aromatic rings. The fourth-order valence-corrected chi connectivity index (χ4v) is 2.48. The topological polar surface area (TPSA) is 71.5 Å². The van der Waals surface area contributed by atoms with Gasteiger partial charge in [0.05, 0.1) is 17.8 Å². The van der Waals surface area contributed by atoms with E-state index in [1.54, 1.807) is 12.3 Å². The van der Waals surface area contributed by atoms with Gasteiger partial charge in [-0.2, -0.15) is 0 Å². The van der Waals surface area contributed by atoms with E-state index in [1.807, 2.05) is 56.3 Å². The molecule has 0 radical (unpaired) electrons. The highest BCUT2D eigenvalue weighted by atomic mass is 16.5. The van der Waals surface area contributed by atoms with Crippen LogP contribution in [0.25, 0.3) is 6.08 Å². The van der Waals surface area contributed by atoms with Crippen LogP contribution in [0.3, 0.4) is 0 Å². The van der Waals surface area contributed by atoms with E-state index < -0.39 is 5.54 Å². The lowest BCUT2D eigenvalue weighted by Crippen LogP contribution is -2.49. The van der Waals surface area contributed by atoms with Gasteiger partial charge in [0.2, 0.25) is 5.91 Å². The second-order valence-corrected chi connectivity index (χ2v) is 6.15. The van der Waals surface area contributed by atoms with Gasteiger partial charge in [-0.15, -0.1) is 0 Å². The Balaban J connectivity index is 1.89. The Hall–Kier alpha value is -2.66. The molecule has 0 saturated carbocycles. The van der Waals surface area contributed by atoms with Crippen LogP contribution in [0.2, 0.25) is 0 Å². The number of hydrogen-bond acceptors (Lipinski definition) is 4. The zero-order chi connectivity index (χ0) is 18.8. The van der Waals surface area contributed by atoms with Crippen LogP contribution in [-0.4, -0.2) is 28.1 Å². The van der Waals surface area contributed by atoms with Crippen molar-refractivity contribution in [1.29, 1.82) is 0 Å². The number of aliphatic hydroxyl groups excluding tert-OH is 1. The van der Waals surface area contributed by atoms with Crippen molar-refractivity contribution in [2.45, 2.75) is 38.8 Å². The van der Waals surface area contributed by atoms with Gasteiger partial charge in [-0.3, -0.25) is 9.78 Å². The van der Waals surface area contributed by atoms with E-state index in [4.69, 9.17) is 4.74 Å². The van der Waals surface area contributed by atoms with Crippen LogP contribution in [0, 0.1) is 0 Å². The van der Waals surface area contributed by atoms with Crippen molar-refractivity contribution in [2.75, 3.05) is 6.61 Å². The zero-order valence-corrected chi connectivity index (χ0v) is 15.3. The van der Waals surface area contributed by atoms with Gasteiger partial charge in [0, 0.05) is 12.3 Å². The predicted octanol–water partition coefficient (Wildman–Crippen LogP) is 3.34. The number of ether oxygens (including phenoxy) is 1. The Morgan fingerprint density at radius 2 is 1.92 bits per heavy atom. The molecule has 1 heterocycles. The third kappa shape index (κ3) is 5.70. The molecule has 2 N–H and O–H groups in total. The molecule has 26 heavy (non-hydrogen) atoms. The van der Waals surface area contributed by atoms with Crippen molar-refractivity contribution in [3.8, 4) is 5.75 Å². The Morgan fingerprint density at radius 1 is 1.19 bits per heavy atom. The summed E-state index contributed by atoms with van der Waals surface area (Å²) in [6, 6.07) is 13.2. The number of aromatic nitrogens is 1. The molecule has 0 aliphatic rings. The summed E-state index contributed by atoms with van der Waals surface area (Å²) in [5, 5.41) is 12.4. The van der Waals surface area contributed by atoms with Gasteiger partial charge in [0.25, 0.3) is 0 Å². The van der Waals surface area contributed by atoms with Crippen molar-refractivity contribution in [2.24, 2.45) is 0 Å². The summed E-state index contributed by atoms with van der Waals surface area (Å²) >= 11 is 0. The van der Waals surface area contributed by atoms with Crippen molar-refractivity contribution in [1.82, 2.24) is 10.3 Å². The summed E-state index contributed by atoms with van der Waals surface area (Å²) in [7, 11) is 0. The second-order valence-electron chi connectivity index (χ2n) is 6.15. The van der Waals surface area contributed by atoms with Gasteiger partial charge in [0.15, 0.2) is 0 Å². The number of aliphatic hydroxyl groups is 1. The maximum atomic E-state index is 12.1. The van der Waals surface area contributed by atoms with Crippen LogP contribution in [0.5, 0.6) is 5.75 Å². The van der Waals surface area contributed by atoms with Crippen molar-refractivity contribution < 1.29 is 14.6 Å². The molecule has 0 spiro atoms. The van der Waals surface area contributed by atoms with Crippen LogP contribution in [-0.2, 0) is 11.4 Å². The van der Waals surface area contributed by atoms with Gasteiger partial charge in [-0.25, -0.2) is 0 Å². The average molecular weight is 354 g/mol. The molecule has 1 aromatic carbocycles. The normalized spacial score (nSPS) is 11.5. The van der Waals surface area contributed by atoms with Crippen molar-refractivity contribution >= 4 is 12.0 Å². The maximum absolute atomic E-state index is 12.1. The summed E-state index contributed by atoms with van der Waals surface area (Å²) in [6.07, 6.45) is 6.33. The van der Waals surface area contributed by atoms with Crippen LogP contribution >= 0.6 is 0 Å². The van der Waals surface area contributed by atoms with E-state index in [-0.39, 0.29) is 12.5 Å². The number of hydrogen-bond donors (Lipinski definition) is 2. The number of carbonyl (C=O) groups excluding carboxylic acids is 1. The predicted molar refractivity (Wildman–Crippen MR) is 103 cm³/mol. The third-order valence-corrected chi connectivity index (χ3v) is 4.46. The van der Waals surface area contributed by atoms with Gasteiger partial charge in [-0.1, -0.05) is 32.0 Å². The average Bonchev–Trinajstić information content (AvgIpc) is 2.70. The van der Waals surface area contributed by atoms with E-state index in [2.05, 4.69) is 10.3 Å². The number of rotatable bonds is 9. The highest BCUT2D eigenvalue weighted by Gasteiger charge is 2.26. The van der Waals surface area contributed by atoms with Crippen LogP contribution < -0.4 is 10.1 Å². The molecule has 0 fully saturated rings. The minimum absolute atomic E-state index is 0.0676. The molecule has 1 amide bonds. The Labute approximate surface area is 154 Å². The molecule has 2 rings (SSSR count). The van der Waals surface area contributed by atoms with E-state index >= 15 is 0 Å². The van der Waals surface area contributed by atoms with Gasteiger partial charge < -0.3 is 15.2 Å². The molecule has 0 saturated heterocycles. The molecular formula is C21H26N2O3. The summed E-state index contributed by atoms with van der Waals surface area (Å²) in [4.78, 5) is 16.3. The molecule has 0 bridgehead atoms. The lowest BCUT2D eigenvalue weighted by Gasteiger charge is -2.30. The molecule has 1 aromatic heterocycles. The first-order chi connectivity index (χ1) is 12.6. The molecule has 0 aliphatic carbocycles. The van der Waals surface area contributed by atoms with Crippen LogP contribution in [0.1, 0.15) is 37.9 Å². The SMILES string of the molecule is CCC(CC)(CO)NC(=O)/C=C/c1ccc(OCc2ccccn2)cc1.